The van der Waals surface area contributed by atoms with Crippen LogP contribution in [-0.4, -0.2) is 36.0 Å². The molecule has 0 aliphatic heterocycles. The molecule has 0 saturated carbocycles. The van der Waals surface area contributed by atoms with E-state index in [0.717, 1.165) is 35.4 Å². The molecular formula is C22H23F2N3O3. The first kappa shape index (κ1) is 21.4. The Labute approximate surface area is 173 Å². The van der Waals surface area contributed by atoms with Crippen molar-refractivity contribution in [3.05, 3.63) is 77.0 Å². The van der Waals surface area contributed by atoms with Crippen LogP contribution in [0.1, 0.15) is 27.9 Å². The fourth-order valence-corrected chi connectivity index (χ4v) is 2.91. The summed E-state index contributed by atoms with van der Waals surface area (Å²) in [5, 5.41) is 6.68. The summed E-state index contributed by atoms with van der Waals surface area (Å²) in [5.41, 5.74) is 1.43. The molecule has 3 aromatic rings. The Kier molecular flexibility index (Phi) is 7.13. The van der Waals surface area contributed by atoms with Crippen LogP contribution in [0.5, 0.6) is 5.75 Å². The van der Waals surface area contributed by atoms with Crippen LogP contribution in [0.15, 0.2) is 48.7 Å². The highest BCUT2D eigenvalue weighted by molar-refractivity contribution is 6.04. The molecule has 158 valence electrons. The molecule has 8 heteroatoms. The van der Waals surface area contributed by atoms with Crippen LogP contribution in [0.4, 0.5) is 14.6 Å². The van der Waals surface area contributed by atoms with Crippen molar-refractivity contribution in [2.45, 2.75) is 19.9 Å². The largest absolute Gasteiger partial charge is 0.493 e. The lowest BCUT2D eigenvalue weighted by atomic mass is 10.1. The third-order valence-corrected chi connectivity index (χ3v) is 4.48. The van der Waals surface area contributed by atoms with Crippen molar-refractivity contribution in [1.29, 1.82) is 0 Å². The molecule has 1 N–H and O–H groups in total. The normalized spacial score (nSPS) is 10.8. The summed E-state index contributed by atoms with van der Waals surface area (Å²) in [6.45, 7) is 3.68. The number of benzene rings is 2. The molecule has 3 rings (SSSR count). The van der Waals surface area contributed by atoms with Crippen molar-refractivity contribution < 1.29 is 23.0 Å². The number of hydrogen-bond donors (Lipinski definition) is 1. The number of carbonyl (C=O) groups is 1. The van der Waals surface area contributed by atoms with Crippen LogP contribution in [-0.2, 0) is 11.3 Å². The van der Waals surface area contributed by atoms with Gasteiger partial charge in [-0.15, -0.1) is 0 Å². The van der Waals surface area contributed by atoms with Gasteiger partial charge < -0.3 is 14.8 Å². The predicted molar refractivity (Wildman–Crippen MR) is 109 cm³/mol. The van der Waals surface area contributed by atoms with E-state index in [2.05, 4.69) is 10.4 Å². The van der Waals surface area contributed by atoms with Crippen LogP contribution in [0.25, 0.3) is 0 Å². The average molecular weight is 415 g/mol. The van der Waals surface area contributed by atoms with E-state index >= 15 is 0 Å². The third-order valence-electron chi connectivity index (χ3n) is 4.48. The molecule has 0 aliphatic carbocycles. The predicted octanol–water partition coefficient (Wildman–Crippen LogP) is 4.19. The zero-order valence-electron chi connectivity index (χ0n) is 16.8. The first-order valence-corrected chi connectivity index (χ1v) is 9.48. The van der Waals surface area contributed by atoms with E-state index < -0.39 is 23.1 Å². The Balaban J connectivity index is 1.62. The Hall–Kier alpha value is -3.26. The maximum Gasteiger partial charge on any atom is 0.262 e. The molecule has 0 saturated heterocycles. The van der Waals surface area contributed by atoms with E-state index in [-0.39, 0.29) is 5.82 Å². The molecule has 0 spiro atoms. The fraction of sp³-hybridized carbons (Fsp3) is 0.273. The van der Waals surface area contributed by atoms with Gasteiger partial charge in [-0.3, -0.25) is 9.48 Å². The summed E-state index contributed by atoms with van der Waals surface area (Å²) in [6.07, 6.45) is 2.50. The van der Waals surface area contributed by atoms with E-state index in [1.54, 1.807) is 24.1 Å². The summed E-state index contributed by atoms with van der Waals surface area (Å²) in [6, 6.07) is 10.6. The number of rotatable bonds is 9. The maximum atomic E-state index is 13.7. The third kappa shape index (κ3) is 5.42. The topological polar surface area (TPSA) is 65.4 Å². The number of carbonyl (C=O) groups excluding carboxylic acids is 1. The molecule has 1 amide bonds. The molecule has 1 heterocycles. The molecule has 0 fully saturated rings. The zero-order valence-corrected chi connectivity index (χ0v) is 16.8. The van der Waals surface area contributed by atoms with Gasteiger partial charge in [-0.25, -0.2) is 8.78 Å². The molecular weight excluding hydrogens is 392 g/mol. The van der Waals surface area contributed by atoms with Gasteiger partial charge in [0.1, 0.15) is 22.9 Å². The quantitative estimate of drug-likeness (QED) is 0.533. The van der Waals surface area contributed by atoms with Gasteiger partial charge >= 0.3 is 0 Å². The minimum atomic E-state index is -0.924. The van der Waals surface area contributed by atoms with Gasteiger partial charge in [-0.2, -0.15) is 5.10 Å². The molecule has 0 radical (unpaired) electrons. The lowest BCUT2D eigenvalue weighted by molar-refractivity contribution is 0.101. The number of ether oxygens (including phenoxy) is 2. The Morgan fingerprint density at radius 2 is 1.90 bits per heavy atom. The number of aromatic nitrogens is 2. The standard InChI is InChI=1S/C22H23F2N3O3/c1-15-13-17(30-12-4-11-29-2)8-7-16(15)14-27-10-9-20(26-27)25-22(28)21-18(23)5-3-6-19(21)24/h3,5-10,13H,4,11-12,14H2,1-2H3,(H,25,26,28). The first-order chi connectivity index (χ1) is 14.5. The van der Waals surface area contributed by atoms with Crippen molar-refractivity contribution in [3.63, 3.8) is 0 Å². The molecule has 0 unspecified atom stereocenters. The van der Waals surface area contributed by atoms with Crippen LogP contribution in [0, 0.1) is 18.6 Å². The fourth-order valence-electron chi connectivity index (χ4n) is 2.91. The number of anilines is 1. The summed E-state index contributed by atoms with van der Waals surface area (Å²) in [5.74, 6) is -1.74. The molecule has 0 atom stereocenters. The molecule has 0 aliphatic rings. The number of amides is 1. The Bertz CT molecular complexity index is 1000. The van der Waals surface area contributed by atoms with Gasteiger partial charge in [0, 0.05) is 32.4 Å². The second-order valence-corrected chi connectivity index (χ2v) is 6.73. The highest BCUT2D eigenvalue weighted by Crippen LogP contribution is 2.19. The summed E-state index contributed by atoms with van der Waals surface area (Å²) in [7, 11) is 1.66. The van der Waals surface area contributed by atoms with Crippen LogP contribution >= 0.6 is 0 Å². The maximum absolute atomic E-state index is 13.7. The Morgan fingerprint density at radius 1 is 1.13 bits per heavy atom. The molecule has 30 heavy (non-hydrogen) atoms. The molecule has 0 bridgehead atoms. The second kappa shape index (κ2) is 9.98. The minimum absolute atomic E-state index is 0.207. The number of methoxy groups -OCH3 is 1. The van der Waals surface area contributed by atoms with Gasteiger partial charge in [0.25, 0.3) is 5.91 Å². The summed E-state index contributed by atoms with van der Waals surface area (Å²) < 4.78 is 39.8. The van der Waals surface area contributed by atoms with Crippen molar-refractivity contribution in [1.82, 2.24) is 9.78 Å². The second-order valence-electron chi connectivity index (χ2n) is 6.73. The van der Waals surface area contributed by atoms with E-state index in [4.69, 9.17) is 9.47 Å². The smallest absolute Gasteiger partial charge is 0.262 e. The number of aryl methyl sites for hydroxylation is 1. The molecule has 6 nitrogen and oxygen atoms in total. The van der Waals surface area contributed by atoms with Crippen LogP contribution in [0.2, 0.25) is 0 Å². The number of nitrogens with zero attached hydrogens (tertiary/aromatic N) is 2. The molecule has 2 aromatic carbocycles. The van der Waals surface area contributed by atoms with Crippen LogP contribution in [0.3, 0.4) is 0 Å². The number of nitrogens with one attached hydrogen (secondary N) is 1. The average Bonchev–Trinajstić information content (AvgIpc) is 3.14. The lowest BCUT2D eigenvalue weighted by Gasteiger charge is -2.10. The van der Waals surface area contributed by atoms with Crippen LogP contribution < -0.4 is 10.1 Å². The monoisotopic (exact) mass is 415 g/mol. The van der Waals surface area contributed by atoms with E-state index in [9.17, 15) is 13.6 Å². The first-order valence-electron chi connectivity index (χ1n) is 9.48. The van der Waals surface area contributed by atoms with Crippen molar-refractivity contribution in [2.75, 3.05) is 25.6 Å². The lowest BCUT2D eigenvalue weighted by Crippen LogP contribution is -2.16. The number of hydrogen-bond acceptors (Lipinski definition) is 4. The van der Waals surface area contributed by atoms with Crippen molar-refractivity contribution in [2.24, 2.45) is 0 Å². The van der Waals surface area contributed by atoms with Gasteiger partial charge in [-0.1, -0.05) is 12.1 Å². The highest BCUT2D eigenvalue weighted by atomic mass is 19.1. The molecule has 1 aromatic heterocycles. The van der Waals surface area contributed by atoms with Crippen molar-refractivity contribution >= 4 is 11.7 Å². The highest BCUT2D eigenvalue weighted by Gasteiger charge is 2.18. The van der Waals surface area contributed by atoms with E-state index in [0.29, 0.717) is 19.8 Å². The SMILES string of the molecule is COCCCOc1ccc(Cn2ccc(NC(=O)c3c(F)cccc3F)n2)c(C)c1. The van der Waals surface area contributed by atoms with Gasteiger partial charge in [0.05, 0.1) is 13.2 Å². The van der Waals surface area contributed by atoms with Gasteiger partial charge in [-0.05, 0) is 42.3 Å². The number of halogens is 2. The minimum Gasteiger partial charge on any atom is -0.493 e. The summed E-state index contributed by atoms with van der Waals surface area (Å²) in [4.78, 5) is 12.2. The summed E-state index contributed by atoms with van der Waals surface area (Å²) >= 11 is 0. The van der Waals surface area contributed by atoms with E-state index in [1.165, 1.54) is 6.07 Å². The zero-order chi connectivity index (χ0) is 21.5. The van der Waals surface area contributed by atoms with Crippen molar-refractivity contribution in [3.8, 4) is 5.75 Å². The van der Waals surface area contributed by atoms with E-state index in [1.807, 2.05) is 25.1 Å². The Morgan fingerprint density at radius 3 is 2.60 bits per heavy atom. The van der Waals surface area contributed by atoms with Gasteiger partial charge in [0.15, 0.2) is 5.82 Å². The van der Waals surface area contributed by atoms with Gasteiger partial charge in [0.2, 0.25) is 0 Å².